The fourth-order valence-electron chi connectivity index (χ4n) is 2.16. The predicted octanol–water partition coefficient (Wildman–Crippen LogP) is 3.38. The van der Waals surface area contributed by atoms with Crippen LogP contribution in [0.3, 0.4) is 0 Å². The van der Waals surface area contributed by atoms with Gasteiger partial charge in [0.05, 0.1) is 6.04 Å². The summed E-state index contributed by atoms with van der Waals surface area (Å²) in [5.41, 5.74) is 1.09. The number of nitrogens with zero attached hydrogens (tertiary/aromatic N) is 3. The van der Waals surface area contributed by atoms with Gasteiger partial charge in [-0.05, 0) is 53.2 Å². The maximum atomic E-state index is 12.5. The molecule has 0 aliphatic carbocycles. The second kappa shape index (κ2) is 7.47. The van der Waals surface area contributed by atoms with Crippen LogP contribution in [0.4, 0.5) is 5.82 Å². The van der Waals surface area contributed by atoms with Crippen molar-refractivity contribution in [2.45, 2.75) is 52.3 Å². The zero-order valence-corrected chi connectivity index (χ0v) is 15.2. The van der Waals surface area contributed by atoms with Gasteiger partial charge in [-0.2, -0.15) is 0 Å². The molecule has 5 heteroatoms. The number of aromatic nitrogens is 1. The molecule has 2 atom stereocenters. The Kier molecular flexibility index (Phi) is 6.50. The van der Waals surface area contributed by atoms with Crippen molar-refractivity contribution in [3.8, 4) is 0 Å². The molecule has 0 aliphatic rings. The van der Waals surface area contributed by atoms with Crippen molar-refractivity contribution in [3.63, 3.8) is 0 Å². The summed E-state index contributed by atoms with van der Waals surface area (Å²) < 4.78 is 14.1. The van der Waals surface area contributed by atoms with Gasteiger partial charge >= 0.3 is 0 Å². The minimum Gasteiger partial charge on any atom is -0.597 e. The summed E-state index contributed by atoms with van der Waals surface area (Å²) in [4.78, 5) is 6.76. The molecule has 0 aromatic carbocycles. The van der Waals surface area contributed by atoms with Gasteiger partial charge in [-0.3, -0.25) is 0 Å². The normalized spacial score (nSPS) is 15.1. The average molecular weight is 311 g/mol. The highest BCUT2D eigenvalue weighted by Gasteiger charge is 2.34. The van der Waals surface area contributed by atoms with Gasteiger partial charge in [0.1, 0.15) is 10.6 Å². The number of rotatable bonds is 6. The number of pyridine rings is 1. The SMILES string of the molecule is CCN(CC)c1ccc([C@H](C)N(C)[S+]([O-])C(C)(C)C)cn1. The Hall–Kier alpha value is -0.780. The Labute approximate surface area is 132 Å². The highest BCUT2D eigenvalue weighted by atomic mass is 32.2. The van der Waals surface area contributed by atoms with Crippen LogP contribution in [-0.2, 0) is 11.4 Å². The quantitative estimate of drug-likeness (QED) is 0.755. The summed E-state index contributed by atoms with van der Waals surface area (Å²) in [6.45, 7) is 14.2. The van der Waals surface area contributed by atoms with E-state index in [2.05, 4.69) is 36.7 Å². The minimum atomic E-state index is -1.03. The largest absolute Gasteiger partial charge is 0.597 e. The van der Waals surface area contributed by atoms with E-state index in [1.807, 2.05) is 44.4 Å². The lowest BCUT2D eigenvalue weighted by Gasteiger charge is -2.33. The third-order valence-electron chi connectivity index (χ3n) is 3.67. The third kappa shape index (κ3) is 4.59. The van der Waals surface area contributed by atoms with Gasteiger partial charge in [-0.25, -0.2) is 4.98 Å². The van der Waals surface area contributed by atoms with E-state index in [0.717, 1.165) is 24.5 Å². The summed E-state index contributed by atoms with van der Waals surface area (Å²) in [6.07, 6.45) is 1.90. The number of hydrogen-bond acceptors (Lipinski definition) is 4. The van der Waals surface area contributed by atoms with E-state index in [-0.39, 0.29) is 10.8 Å². The molecule has 1 aromatic rings. The first kappa shape index (κ1) is 18.3. The Bertz CT molecular complexity index is 426. The molecule has 1 heterocycles. The molecule has 0 N–H and O–H groups in total. The van der Waals surface area contributed by atoms with Gasteiger partial charge in [0, 0.05) is 37.7 Å². The van der Waals surface area contributed by atoms with E-state index in [1.165, 1.54) is 0 Å². The van der Waals surface area contributed by atoms with Gasteiger partial charge in [0.15, 0.2) is 0 Å². The lowest BCUT2D eigenvalue weighted by molar-refractivity contribution is 0.382. The fraction of sp³-hybridized carbons (Fsp3) is 0.688. The van der Waals surface area contributed by atoms with Crippen LogP contribution in [0.25, 0.3) is 0 Å². The topological polar surface area (TPSA) is 42.4 Å². The third-order valence-corrected chi connectivity index (χ3v) is 5.56. The van der Waals surface area contributed by atoms with Gasteiger partial charge < -0.3 is 9.45 Å². The molecule has 1 unspecified atom stereocenters. The molecule has 0 spiro atoms. The molecule has 0 radical (unpaired) electrons. The van der Waals surface area contributed by atoms with Crippen LogP contribution in [0.2, 0.25) is 0 Å². The molecule has 1 aromatic heterocycles. The first-order valence-corrected chi connectivity index (χ1v) is 8.68. The second-order valence-corrected chi connectivity index (χ2v) is 8.50. The predicted molar refractivity (Wildman–Crippen MR) is 91.9 cm³/mol. The maximum absolute atomic E-state index is 12.5. The van der Waals surface area contributed by atoms with Crippen LogP contribution < -0.4 is 4.90 Å². The van der Waals surface area contributed by atoms with Gasteiger partial charge in [-0.15, -0.1) is 4.31 Å². The summed E-state index contributed by atoms with van der Waals surface area (Å²) in [5.74, 6) is 0.996. The zero-order valence-electron chi connectivity index (χ0n) is 14.4. The van der Waals surface area contributed by atoms with Crippen LogP contribution in [-0.4, -0.2) is 38.7 Å². The van der Waals surface area contributed by atoms with Crippen LogP contribution in [0.1, 0.15) is 53.1 Å². The standard InChI is InChI=1S/C16H29N3OS/c1-8-19(9-2)15-11-10-14(12-17-15)13(3)18(7)21(20)16(4,5)6/h10-13H,8-9H2,1-7H3/t13-,21?/m0/s1. The van der Waals surface area contributed by atoms with Crippen LogP contribution >= 0.6 is 0 Å². The molecule has 0 aliphatic heterocycles. The number of hydrogen-bond donors (Lipinski definition) is 0. The fourth-order valence-corrected chi connectivity index (χ4v) is 3.44. The second-order valence-electron chi connectivity index (χ2n) is 6.21. The Morgan fingerprint density at radius 1 is 1.24 bits per heavy atom. The summed E-state index contributed by atoms with van der Waals surface area (Å²) >= 11 is -1.03. The molecule has 0 bridgehead atoms. The Balaban J connectivity index is 2.86. The van der Waals surface area contributed by atoms with Crippen LogP contribution in [0, 0.1) is 0 Å². The molecule has 21 heavy (non-hydrogen) atoms. The van der Waals surface area contributed by atoms with Gasteiger partial charge in [-0.1, -0.05) is 6.07 Å². The molecular formula is C16H29N3OS. The molecule has 0 saturated heterocycles. The molecule has 120 valence electrons. The highest BCUT2D eigenvalue weighted by Crippen LogP contribution is 2.28. The van der Waals surface area contributed by atoms with Gasteiger partial charge in [0.2, 0.25) is 0 Å². The molecule has 1 rings (SSSR count). The maximum Gasteiger partial charge on any atom is 0.137 e. The van der Waals surface area contributed by atoms with E-state index in [4.69, 9.17) is 0 Å². The van der Waals surface area contributed by atoms with Crippen molar-refractivity contribution >= 4 is 17.2 Å². The zero-order chi connectivity index (χ0) is 16.2. The van der Waals surface area contributed by atoms with Crippen molar-refractivity contribution in [3.05, 3.63) is 23.9 Å². The lowest BCUT2D eigenvalue weighted by Crippen LogP contribution is -2.41. The first-order chi connectivity index (χ1) is 9.72. The van der Waals surface area contributed by atoms with E-state index in [1.54, 1.807) is 0 Å². The van der Waals surface area contributed by atoms with Crippen LogP contribution in [0.15, 0.2) is 18.3 Å². The summed E-state index contributed by atoms with van der Waals surface area (Å²) in [5, 5.41) is 0. The highest BCUT2D eigenvalue weighted by molar-refractivity contribution is 7.90. The lowest BCUT2D eigenvalue weighted by atomic mass is 10.1. The summed E-state index contributed by atoms with van der Waals surface area (Å²) in [6, 6.07) is 4.21. The van der Waals surface area contributed by atoms with Crippen molar-refractivity contribution in [1.82, 2.24) is 9.29 Å². The monoisotopic (exact) mass is 311 g/mol. The van der Waals surface area contributed by atoms with E-state index in [9.17, 15) is 4.55 Å². The number of anilines is 1. The van der Waals surface area contributed by atoms with Crippen molar-refractivity contribution in [2.24, 2.45) is 0 Å². The first-order valence-electron chi connectivity index (χ1n) is 7.58. The molecule has 0 fully saturated rings. The van der Waals surface area contributed by atoms with E-state index in [0.29, 0.717) is 0 Å². The molecular weight excluding hydrogens is 282 g/mol. The summed E-state index contributed by atoms with van der Waals surface area (Å²) in [7, 11) is 1.91. The van der Waals surface area contributed by atoms with E-state index < -0.39 is 11.4 Å². The van der Waals surface area contributed by atoms with Crippen LogP contribution in [0.5, 0.6) is 0 Å². The van der Waals surface area contributed by atoms with Gasteiger partial charge in [0.25, 0.3) is 0 Å². The molecule has 4 nitrogen and oxygen atoms in total. The Morgan fingerprint density at radius 2 is 1.81 bits per heavy atom. The van der Waals surface area contributed by atoms with Crippen molar-refractivity contribution < 1.29 is 4.55 Å². The van der Waals surface area contributed by atoms with Crippen molar-refractivity contribution in [1.29, 1.82) is 0 Å². The molecule has 0 amide bonds. The van der Waals surface area contributed by atoms with E-state index >= 15 is 0 Å². The Morgan fingerprint density at radius 3 is 2.19 bits per heavy atom. The minimum absolute atomic E-state index is 0.0725. The molecule has 0 saturated carbocycles. The average Bonchev–Trinajstić information content (AvgIpc) is 2.46. The van der Waals surface area contributed by atoms with Crippen molar-refractivity contribution in [2.75, 3.05) is 25.0 Å². The smallest absolute Gasteiger partial charge is 0.137 e.